The van der Waals surface area contributed by atoms with Gasteiger partial charge >= 0.3 is 0 Å². The van der Waals surface area contributed by atoms with Gasteiger partial charge in [0.25, 0.3) is 6.01 Å². The molecule has 0 bridgehead atoms. The first-order valence-corrected chi connectivity index (χ1v) is 10.1. The highest BCUT2D eigenvalue weighted by Crippen LogP contribution is 2.37. The lowest BCUT2D eigenvalue weighted by Crippen LogP contribution is -2.48. The maximum atomic E-state index is 13.0. The molecule has 2 aliphatic rings. The minimum atomic E-state index is 0.0410. The van der Waals surface area contributed by atoms with E-state index in [1.165, 1.54) is 11.1 Å². The van der Waals surface area contributed by atoms with Gasteiger partial charge in [0.2, 0.25) is 5.91 Å². The van der Waals surface area contributed by atoms with E-state index in [0.29, 0.717) is 6.01 Å². The molecule has 144 valence electrons. The van der Waals surface area contributed by atoms with Crippen LogP contribution < -0.4 is 4.90 Å². The summed E-state index contributed by atoms with van der Waals surface area (Å²) in [6.45, 7) is 3.76. The van der Waals surface area contributed by atoms with E-state index in [2.05, 4.69) is 22.0 Å². The Bertz CT molecular complexity index is 1030. The molecule has 0 saturated carbocycles. The van der Waals surface area contributed by atoms with Gasteiger partial charge in [-0.1, -0.05) is 36.4 Å². The van der Waals surface area contributed by atoms with Gasteiger partial charge in [-0.15, -0.1) is 0 Å². The molecule has 2 aromatic carbocycles. The second-order valence-electron chi connectivity index (χ2n) is 8.04. The topological polar surface area (TPSA) is 49.6 Å². The number of rotatable bonds is 3. The zero-order valence-electron chi connectivity index (χ0n) is 16.4. The number of aryl methyl sites for hydroxylation is 1. The fourth-order valence-corrected chi connectivity index (χ4v) is 4.56. The van der Waals surface area contributed by atoms with Gasteiger partial charge in [-0.2, -0.15) is 4.98 Å². The second kappa shape index (κ2) is 6.66. The average molecular weight is 375 g/mol. The number of aromatic nitrogens is 1. The number of carbonyl (C=O) groups excluding carboxylic acids is 1. The zero-order valence-corrected chi connectivity index (χ0v) is 16.4. The molecule has 1 saturated heterocycles. The minimum absolute atomic E-state index is 0.0410. The summed E-state index contributed by atoms with van der Waals surface area (Å²) in [5, 5.41) is 0. The summed E-state index contributed by atoms with van der Waals surface area (Å²) in [5.74, 6) is 0.300. The van der Waals surface area contributed by atoms with Crippen LogP contribution in [0.25, 0.3) is 11.1 Å². The summed E-state index contributed by atoms with van der Waals surface area (Å²) >= 11 is 0. The van der Waals surface area contributed by atoms with E-state index in [1.54, 1.807) is 0 Å². The molecule has 5 heteroatoms. The van der Waals surface area contributed by atoms with Crippen molar-refractivity contribution in [3.63, 3.8) is 0 Å². The summed E-state index contributed by atoms with van der Waals surface area (Å²) in [6.07, 6.45) is 2.75. The van der Waals surface area contributed by atoms with E-state index >= 15 is 0 Å². The van der Waals surface area contributed by atoms with Crippen LogP contribution >= 0.6 is 0 Å². The number of hydrogen-bond acceptors (Lipinski definition) is 4. The van der Waals surface area contributed by atoms with Crippen molar-refractivity contribution in [3.05, 3.63) is 59.2 Å². The van der Waals surface area contributed by atoms with Crippen LogP contribution in [0.3, 0.4) is 0 Å². The van der Waals surface area contributed by atoms with Gasteiger partial charge in [0.05, 0.1) is 5.92 Å². The van der Waals surface area contributed by atoms with Gasteiger partial charge < -0.3 is 14.2 Å². The normalized spacial score (nSPS) is 19.4. The van der Waals surface area contributed by atoms with Crippen LogP contribution in [0.5, 0.6) is 0 Å². The van der Waals surface area contributed by atoms with Crippen LogP contribution in [0.4, 0.5) is 6.01 Å². The summed E-state index contributed by atoms with van der Waals surface area (Å²) < 4.78 is 6.02. The lowest BCUT2D eigenvalue weighted by Gasteiger charge is -2.39. The van der Waals surface area contributed by atoms with Gasteiger partial charge in [0.15, 0.2) is 5.58 Å². The monoisotopic (exact) mass is 375 g/mol. The van der Waals surface area contributed by atoms with E-state index in [1.807, 2.05) is 49.2 Å². The maximum absolute atomic E-state index is 13.0. The molecule has 5 rings (SSSR count). The Kier molecular flexibility index (Phi) is 4.11. The number of amides is 1. The SMILES string of the molecule is Cc1cccc2nc(N3CCC(N(C)C(=O)C4Cc5ccccc54)CC3)oc12. The van der Waals surface area contributed by atoms with Crippen LogP contribution in [-0.2, 0) is 11.2 Å². The number of fused-ring (bicyclic) bond motifs is 2. The molecule has 28 heavy (non-hydrogen) atoms. The van der Waals surface area contributed by atoms with Crippen molar-refractivity contribution in [2.75, 3.05) is 25.0 Å². The Morgan fingerprint density at radius 3 is 2.68 bits per heavy atom. The highest BCUT2D eigenvalue weighted by molar-refractivity contribution is 5.87. The first-order valence-electron chi connectivity index (χ1n) is 10.1. The predicted molar refractivity (Wildman–Crippen MR) is 110 cm³/mol. The standard InChI is InChI=1S/C23H25N3O2/c1-15-6-5-9-20-21(15)28-23(24-20)26-12-10-17(11-13-26)25(2)22(27)19-14-16-7-3-4-8-18(16)19/h3-9,17,19H,10-14H2,1-2H3. The smallest absolute Gasteiger partial charge is 0.298 e. The molecule has 1 unspecified atom stereocenters. The summed E-state index contributed by atoms with van der Waals surface area (Å²) in [5.41, 5.74) is 5.41. The molecule has 1 atom stereocenters. The van der Waals surface area contributed by atoms with Crippen LogP contribution in [0.2, 0.25) is 0 Å². The number of likely N-dealkylation sites (N-methyl/N-ethyl adjacent to an activating group) is 1. The number of hydrogen-bond donors (Lipinski definition) is 0. The van der Waals surface area contributed by atoms with Gasteiger partial charge in [-0.3, -0.25) is 4.79 Å². The van der Waals surface area contributed by atoms with E-state index in [-0.39, 0.29) is 17.9 Å². The number of anilines is 1. The number of piperidine rings is 1. The summed E-state index contributed by atoms with van der Waals surface area (Å²) in [6, 6.07) is 15.3. The largest absolute Gasteiger partial charge is 0.423 e. The second-order valence-corrected chi connectivity index (χ2v) is 8.04. The highest BCUT2D eigenvalue weighted by atomic mass is 16.4. The molecule has 1 aliphatic carbocycles. The minimum Gasteiger partial charge on any atom is -0.423 e. The Hall–Kier alpha value is -2.82. The van der Waals surface area contributed by atoms with Gasteiger partial charge in [-0.25, -0.2) is 0 Å². The van der Waals surface area contributed by atoms with Crippen LogP contribution in [0.15, 0.2) is 46.9 Å². The number of benzene rings is 2. The number of para-hydroxylation sites is 1. The molecule has 5 nitrogen and oxygen atoms in total. The van der Waals surface area contributed by atoms with Gasteiger partial charge in [-0.05, 0) is 48.9 Å². The van der Waals surface area contributed by atoms with Crippen LogP contribution in [0.1, 0.15) is 35.4 Å². The molecule has 0 radical (unpaired) electrons. The maximum Gasteiger partial charge on any atom is 0.298 e. The third-order valence-electron chi connectivity index (χ3n) is 6.38. The Morgan fingerprint density at radius 2 is 1.93 bits per heavy atom. The molecule has 1 aliphatic heterocycles. The van der Waals surface area contributed by atoms with Crippen molar-refractivity contribution in [2.24, 2.45) is 0 Å². The lowest BCUT2D eigenvalue weighted by atomic mass is 9.76. The Labute approximate surface area is 165 Å². The van der Waals surface area contributed by atoms with Crippen molar-refractivity contribution >= 4 is 23.0 Å². The van der Waals surface area contributed by atoms with E-state index in [4.69, 9.17) is 4.42 Å². The molecule has 3 aromatic rings. The molecule has 1 fully saturated rings. The number of carbonyl (C=O) groups is 1. The molecule has 0 spiro atoms. The van der Waals surface area contributed by atoms with E-state index in [0.717, 1.165) is 49.0 Å². The third-order valence-corrected chi connectivity index (χ3v) is 6.38. The van der Waals surface area contributed by atoms with Crippen molar-refractivity contribution < 1.29 is 9.21 Å². The molecule has 0 N–H and O–H groups in total. The fraction of sp³-hybridized carbons (Fsp3) is 0.391. The first-order chi connectivity index (χ1) is 13.6. The molecule has 1 aromatic heterocycles. The van der Waals surface area contributed by atoms with Crippen LogP contribution in [0, 0.1) is 6.92 Å². The summed E-state index contributed by atoms with van der Waals surface area (Å²) in [4.78, 5) is 21.8. The van der Waals surface area contributed by atoms with Gasteiger partial charge in [0.1, 0.15) is 5.52 Å². The Balaban J connectivity index is 1.24. The van der Waals surface area contributed by atoms with Crippen molar-refractivity contribution in [3.8, 4) is 0 Å². The van der Waals surface area contributed by atoms with Crippen molar-refractivity contribution in [1.82, 2.24) is 9.88 Å². The van der Waals surface area contributed by atoms with Crippen LogP contribution in [-0.4, -0.2) is 42.0 Å². The van der Waals surface area contributed by atoms with Gasteiger partial charge in [0, 0.05) is 26.2 Å². The third kappa shape index (κ3) is 2.77. The van der Waals surface area contributed by atoms with Crippen molar-refractivity contribution in [2.45, 2.75) is 38.1 Å². The average Bonchev–Trinajstić information content (AvgIpc) is 3.14. The first kappa shape index (κ1) is 17.3. The highest BCUT2D eigenvalue weighted by Gasteiger charge is 2.36. The summed E-state index contributed by atoms with van der Waals surface area (Å²) in [7, 11) is 1.96. The molecular weight excluding hydrogens is 350 g/mol. The number of oxazole rings is 1. The number of nitrogens with zero attached hydrogens (tertiary/aromatic N) is 3. The molecular formula is C23H25N3O2. The quantitative estimate of drug-likeness (QED) is 0.697. The van der Waals surface area contributed by atoms with Crippen molar-refractivity contribution in [1.29, 1.82) is 0 Å². The molecule has 1 amide bonds. The lowest BCUT2D eigenvalue weighted by molar-refractivity contribution is -0.134. The fourth-order valence-electron chi connectivity index (χ4n) is 4.56. The Morgan fingerprint density at radius 1 is 1.14 bits per heavy atom. The molecule has 2 heterocycles. The van der Waals surface area contributed by atoms with E-state index in [9.17, 15) is 4.79 Å². The van der Waals surface area contributed by atoms with E-state index < -0.39 is 0 Å². The zero-order chi connectivity index (χ0) is 19.3. The predicted octanol–water partition coefficient (Wildman–Crippen LogP) is 3.90.